The smallest absolute Gasteiger partial charge is 0.308 e. The van der Waals surface area contributed by atoms with Crippen molar-refractivity contribution in [3.63, 3.8) is 0 Å². The van der Waals surface area contributed by atoms with E-state index in [0.717, 1.165) is 0 Å². The summed E-state index contributed by atoms with van der Waals surface area (Å²) in [6.45, 7) is 3.19. The number of rotatable bonds is 8. The maximum Gasteiger partial charge on any atom is 0.308 e. The molecule has 3 aromatic rings. The van der Waals surface area contributed by atoms with Gasteiger partial charge >= 0.3 is 5.97 Å². The van der Waals surface area contributed by atoms with Crippen molar-refractivity contribution in [2.75, 3.05) is 12.4 Å². The Kier molecular flexibility index (Phi) is 7.05. The predicted octanol–water partition coefficient (Wildman–Crippen LogP) is 4.14. The Morgan fingerprint density at radius 2 is 2.00 bits per heavy atom. The number of aromatic amines is 1. The topological polar surface area (TPSA) is 103 Å². The highest BCUT2D eigenvalue weighted by Crippen LogP contribution is 2.29. The summed E-state index contributed by atoms with van der Waals surface area (Å²) in [6.07, 6.45) is 6.13. The van der Waals surface area contributed by atoms with Crippen molar-refractivity contribution in [3.8, 4) is 17.2 Å². The Bertz CT molecular complexity index is 1080. The highest BCUT2D eigenvalue weighted by Gasteiger charge is 2.10. The molecule has 1 atom stereocenters. The first-order valence-corrected chi connectivity index (χ1v) is 9.56. The van der Waals surface area contributed by atoms with Gasteiger partial charge in [-0.15, -0.1) is 0 Å². The number of imidazole rings is 1. The van der Waals surface area contributed by atoms with Crippen LogP contribution in [0.5, 0.6) is 17.2 Å². The molecule has 0 aliphatic rings. The Morgan fingerprint density at radius 1 is 1.16 bits per heavy atom. The zero-order valence-corrected chi connectivity index (χ0v) is 17.4. The van der Waals surface area contributed by atoms with Crippen LogP contribution in [0, 0.1) is 0 Å². The van der Waals surface area contributed by atoms with Crippen LogP contribution in [0.15, 0.2) is 60.9 Å². The Hall–Kier alpha value is -4.07. The predicted molar refractivity (Wildman–Crippen MR) is 116 cm³/mol. The molecule has 0 bridgehead atoms. The van der Waals surface area contributed by atoms with E-state index in [-0.39, 0.29) is 17.8 Å². The molecule has 0 fully saturated rings. The minimum absolute atomic E-state index is 0.262. The summed E-state index contributed by atoms with van der Waals surface area (Å²) in [4.78, 5) is 30.8. The second kappa shape index (κ2) is 10.1. The minimum Gasteiger partial charge on any atom is -0.493 e. The molecule has 0 saturated carbocycles. The van der Waals surface area contributed by atoms with E-state index in [1.807, 2.05) is 6.92 Å². The van der Waals surface area contributed by atoms with Gasteiger partial charge in [0.2, 0.25) is 5.91 Å². The minimum atomic E-state index is -0.458. The van der Waals surface area contributed by atoms with Gasteiger partial charge in [0.1, 0.15) is 11.6 Å². The molecule has 0 spiro atoms. The number of aromatic nitrogens is 2. The van der Waals surface area contributed by atoms with Crippen LogP contribution in [0.4, 0.5) is 5.69 Å². The lowest BCUT2D eigenvalue weighted by molar-refractivity contribution is -0.132. The highest BCUT2D eigenvalue weighted by atomic mass is 16.6. The SMILES string of the molecule is COc1ccc(C=CC(=O)Nc2cccc(OC(C)c3ncc[nH]3)c2)cc1OC(C)=O. The molecule has 1 aromatic heterocycles. The van der Waals surface area contributed by atoms with Crippen LogP contribution in [-0.2, 0) is 9.59 Å². The van der Waals surface area contributed by atoms with Gasteiger partial charge < -0.3 is 24.5 Å². The fraction of sp³-hybridized carbons (Fsp3) is 0.174. The summed E-state index contributed by atoms with van der Waals surface area (Å²) >= 11 is 0. The first-order valence-electron chi connectivity index (χ1n) is 9.56. The lowest BCUT2D eigenvalue weighted by Gasteiger charge is -2.13. The number of nitrogens with one attached hydrogen (secondary N) is 2. The van der Waals surface area contributed by atoms with Gasteiger partial charge in [0.25, 0.3) is 0 Å². The Morgan fingerprint density at radius 3 is 2.71 bits per heavy atom. The summed E-state index contributed by atoms with van der Waals surface area (Å²) < 4.78 is 16.2. The molecule has 2 N–H and O–H groups in total. The van der Waals surface area contributed by atoms with Crippen LogP contribution in [0.1, 0.15) is 31.3 Å². The second-order valence-corrected chi connectivity index (χ2v) is 6.59. The highest BCUT2D eigenvalue weighted by molar-refractivity contribution is 6.02. The number of anilines is 1. The number of methoxy groups -OCH3 is 1. The van der Waals surface area contributed by atoms with Gasteiger partial charge in [-0.05, 0) is 42.8 Å². The van der Waals surface area contributed by atoms with Gasteiger partial charge in [-0.1, -0.05) is 12.1 Å². The molecule has 0 aliphatic carbocycles. The molecule has 0 saturated heterocycles. The van der Waals surface area contributed by atoms with Crippen LogP contribution in [0.3, 0.4) is 0 Å². The third-order valence-corrected chi connectivity index (χ3v) is 4.19. The number of hydrogen-bond donors (Lipinski definition) is 2. The van der Waals surface area contributed by atoms with Gasteiger partial charge in [-0.3, -0.25) is 9.59 Å². The van der Waals surface area contributed by atoms with Crippen molar-refractivity contribution >= 4 is 23.6 Å². The molecule has 3 rings (SSSR count). The third kappa shape index (κ3) is 6.20. The van der Waals surface area contributed by atoms with Crippen molar-refractivity contribution < 1.29 is 23.8 Å². The number of carbonyl (C=O) groups is 2. The van der Waals surface area contributed by atoms with E-state index < -0.39 is 5.97 Å². The fourth-order valence-corrected chi connectivity index (χ4v) is 2.79. The van der Waals surface area contributed by atoms with Crippen LogP contribution >= 0.6 is 0 Å². The number of carbonyl (C=O) groups excluding carboxylic acids is 2. The summed E-state index contributed by atoms with van der Waals surface area (Å²) in [5.74, 6) is 1.25. The van der Waals surface area contributed by atoms with Crippen molar-refractivity contribution in [3.05, 3.63) is 72.3 Å². The van der Waals surface area contributed by atoms with E-state index in [9.17, 15) is 9.59 Å². The standard InChI is InChI=1S/C23H23N3O5/c1-15(23-24-11-12-25-23)30-19-6-4-5-18(14-19)26-22(28)10-8-17-7-9-20(29-3)21(13-17)31-16(2)27/h4-15H,1-3H3,(H,24,25)(H,26,28). The van der Waals surface area contributed by atoms with Gasteiger partial charge in [0.05, 0.1) is 7.11 Å². The molecule has 0 radical (unpaired) electrons. The number of benzene rings is 2. The van der Waals surface area contributed by atoms with E-state index >= 15 is 0 Å². The van der Waals surface area contributed by atoms with Crippen molar-refractivity contribution in [2.24, 2.45) is 0 Å². The molecule has 31 heavy (non-hydrogen) atoms. The van der Waals surface area contributed by atoms with E-state index in [2.05, 4.69) is 15.3 Å². The zero-order chi connectivity index (χ0) is 22.2. The van der Waals surface area contributed by atoms with Crippen LogP contribution < -0.4 is 19.5 Å². The second-order valence-electron chi connectivity index (χ2n) is 6.59. The number of nitrogens with zero attached hydrogens (tertiary/aromatic N) is 1. The summed E-state index contributed by atoms with van der Waals surface area (Å²) in [6, 6.07) is 12.1. The molecular formula is C23H23N3O5. The molecule has 1 amide bonds. The number of hydrogen-bond acceptors (Lipinski definition) is 6. The summed E-state index contributed by atoms with van der Waals surface area (Å²) in [5, 5.41) is 2.79. The quantitative estimate of drug-likeness (QED) is 0.322. The average Bonchev–Trinajstić information content (AvgIpc) is 3.27. The van der Waals surface area contributed by atoms with Crippen molar-refractivity contribution in [1.29, 1.82) is 0 Å². The monoisotopic (exact) mass is 421 g/mol. The zero-order valence-electron chi connectivity index (χ0n) is 17.4. The fourth-order valence-electron chi connectivity index (χ4n) is 2.79. The molecular weight excluding hydrogens is 398 g/mol. The number of esters is 1. The summed E-state index contributed by atoms with van der Waals surface area (Å²) in [7, 11) is 1.48. The van der Waals surface area contributed by atoms with Crippen LogP contribution in [0.2, 0.25) is 0 Å². The third-order valence-electron chi connectivity index (χ3n) is 4.19. The molecule has 160 valence electrons. The average molecular weight is 421 g/mol. The molecule has 8 nitrogen and oxygen atoms in total. The molecule has 0 aliphatic heterocycles. The van der Waals surface area contributed by atoms with E-state index in [0.29, 0.717) is 28.6 Å². The summed E-state index contributed by atoms with van der Waals surface area (Å²) in [5.41, 5.74) is 1.27. The van der Waals surface area contributed by atoms with Crippen molar-refractivity contribution in [1.82, 2.24) is 9.97 Å². The van der Waals surface area contributed by atoms with E-state index in [1.165, 1.54) is 20.1 Å². The molecule has 1 unspecified atom stereocenters. The van der Waals surface area contributed by atoms with E-state index in [4.69, 9.17) is 14.2 Å². The van der Waals surface area contributed by atoms with Gasteiger partial charge in [-0.2, -0.15) is 0 Å². The number of amides is 1. The lowest BCUT2D eigenvalue weighted by atomic mass is 10.2. The Labute approximate surface area is 179 Å². The Balaban J connectivity index is 1.64. The molecule has 1 heterocycles. The van der Waals surface area contributed by atoms with Crippen LogP contribution in [-0.4, -0.2) is 29.0 Å². The maximum absolute atomic E-state index is 12.3. The molecule has 8 heteroatoms. The van der Waals surface area contributed by atoms with Gasteiger partial charge in [0, 0.05) is 37.1 Å². The lowest BCUT2D eigenvalue weighted by Crippen LogP contribution is -2.09. The normalized spacial score (nSPS) is 11.7. The largest absolute Gasteiger partial charge is 0.493 e. The van der Waals surface area contributed by atoms with E-state index in [1.54, 1.807) is 60.9 Å². The van der Waals surface area contributed by atoms with Crippen molar-refractivity contribution in [2.45, 2.75) is 20.0 Å². The maximum atomic E-state index is 12.3. The molecule has 2 aromatic carbocycles. The van der Waals surface area contributed by atoms with Gasteiger partial charge in [0.15, 0.2) is 17.6 Å². The first kappa shape index (κ1) is 21.6. The van der Waals surface area contributed by atoms with Gasteiger partial charge in [-0.25, -0.2) is 4.98 Å². The first-order chi connectivity index (χ1) is 14.9. The number of ether oxygens (including phenoxy) is 3. The van der Waals surface area contributed by atoms with Crippen LogP contribution in [0.25, 0.3) is 6.08 Å². The number of H-pyrrole nitrogens is 1.